The first-order valence-electron chi connectivity index (χ1n) is 5.36. The Balaban J connectivity index is 4.20. The lowest BCUT2D eigenvalue weighted by atomic mass is 10.1. The van der Waals surface area contributed by atoms with Crippen LogP contribution in [0.5, 0.6) is 0 Å². The Morgan fingerprint density at radius 2 is 1.88 bits per heavy atom. The lowest BCUT2D eigenvalue weighted by Gasteiger charge is -2.15. The van der Waals surface area contributed by atoms with Crippen molar-refractivity contribution in [3.8, 4) is 0 Å². The molecule has 17 heavy (non-hydrogen) atoms. The number of carboxylic acid groups (broad SMARTS) is 2. The van der Waals surface area contributed by atoms with E-state index in [0.29, 0.717) is 6.42 Å². The molecule has 0 spiro atoms. The summed E-state index contributed by atoms with van der Waals surface area (Å²) >= 11 is 0. The average Bonchev–Trinajstić information content (AvgIpc) is 2.23. The molecule has 5 N–H and O–H groups in total. The number of nitrogens with two attached hydrogens (primary N) is 1. The second-order valence-electron chi connectivity index (χ2n) is 3.76. The van der Waals surface area contributed by atoms with E-state index in [-0.39, 0.29) is 25.3 Å². The van der Waals surface area contributed by atoms with Crippen LogP contribution in [-0.2, 0) is 14.4 Å². The molecule has 0 aromatic heterocycles. The number of aliphatic carboxylic acids is 2. The van der Waals surface area contributed by atoms with Crippen molar-refractivity contribution >= 4 is 17.8 Å². The van der Waals surface area contributed by atoms with Crippen molar-refractivity contribution in [3.05, 3.63) is 0 Å². The Bertz CT molecular complexity index is 292. The quantitative estimate of drug-likeness (QED) is 0.459. The Hall–Kier alpha value is -1.63. The number of carbonyl (C=O) groups excluding carboxylic acids is 1. The molecule has 2 atom stereocenters. The van der Waals surface area contributed by atoms with Crippen molar-refractivity contribution in [1.29, 1.82) is 0 Å². The molecule has 7 heteroatoms. The topological polar surface area (TPSA) is 130 Å². The molecule has 2 unspecified atom stereocenters. The summed E-state index contributed by atoms with van der Waals surface area (Å²) in [5.74, 6) is -2.82. The molecule has 0 aliphatic heterocycles. The normalized spacial score (nSPS) is 13.8. The summed E-state index contributed by atoms with van der Waals surface area (Å²) in [5.41, 5.74) is 5.55. The van der Waals surface area contributed by atoms with Crippen molar-refractivity contribution in [3.63, 3.8) is 0 Å². The predicted octanol–water partition coefficient (Wildman–Crippen LogP) is -0.452. The van der Waals surface area contributed by atoms with E-state index in [1.54, 1.807) is 0 Å². The van der Waals surface area contributed by atoms with Gasteiger partial charge in [-0.1, -0.05) is 6.92 Å². The van der Waals surface area contributed by atoms with Crippen LogP contribution in [-0.4, -0.2) is 40.1 Å². The summed E-state index contributed by atoms with van der Waals surface area (Å²) in [4.78, 5) is 32.4. The van der Waals surface area contributed by atoms with Gasteiger partial charge in [0.2, 0.25) is 5.91 Å². The molecule has 0 bridgehead atoms. The summed E-state index contributed by atoms with van der Waals surface area (Å²) in [6.07, 6.45) is 0.197. The third-order valence-electron chi connectivity index (χ3n) is 2.25. The van der Waals surface area contributed by atoms with Gasteiger partial charge in [-0.3, -0.25) is 9.59 Å². The van der Waals surface area contributed by atoms with Crippen molar-refractivity contribution in [2.45, 2.75) is 44.7 Å². The zero-order valence-electron chi connectivity index (χ0n) is 9.68. The number of carbonyl (C=O) groups is 3. The van der Waals surface area contributed by atoms with E-state index in [1.165, 1.54) is 0 Å². The standard InChI is InChI=1S/C10H18N2O5/c1-2-6(11)5-8(13)12-7(10(16)17)3-4-9(14)15/h6-7H,2-5,11H2,1H3,(H,12,13)(H,14,15)(H,16,17). The van der Waals surface area contributed by atoms with Crippen molar-refractivity contribution in [2.75, 3.05) is 0 Å². The van der Waals surface area contributed by atoms with Crippen LogP contribution in [0.3, 0.4) is 0 Å². The Labute approximate surface area is 99.0 Å². The van der Waals surface area contributed by atoms with E-state index in [2.05, 4.69) is 5.32 Å². The van der Waals surface area contributed by atoms with Crippen LogP contribution >= 0.6 is 0 Å². The maximum absolute atomic E-state index is 11.4. The number of hydrogen-bond donors (Lipinski definition) is 4. The highest BCUT2D eigenvalue weighted by Crippen LogP contribution is 2.00. The summed E-state index contributed by atoms with van der Waals surface area (Å²) in [6, 6.07) is -1.49. The molecule has 0 rings (SSSR count). The monoisotopic (exact) mass is 246 g/mol. The van der Waals surface area contributed by atoms with Crippen LogP contribution in [0.4, 0.5) is 0 Å². The van der Waals surface area contributed by atoms with Crippen molar-refractivity contribution < 1.29 is 24.6 Å². The van der Waals surface area contributed by atoms with Gasteiger partial charge in [0.25, 0.3) is 0 Å². The molecule has 0 aliphatic carbocycles. The molecule has 7 nitrogen and oxygen atoms in total. The van der Waals surface area contributed by atoms with Crippen molar-refractivity contribution in [2.24, 2.45) is 5.73 Å². The maximum atomic E-state index is 11.4. The van der Waals surface area contributed by atoms with E-state index in [4.69, 9.17) is 15.9 Å². The number of nitrogens with one attached hydrogen (secondary N) is 1. The summed E-state index contributed by atoms with van der Waals surface area (Å²) in [6.45, 7) is 1.82. The molecule has 0 heterocycles. The minimum Gasteiger partial charge on any atom is -0.481 e. The lowest BCUT2D eigenvalue weighted by Crippen LogP contribution is -2.43. The number of carboxylic acids is 2. The summed E-state index contributed by atoms with van der Waals surface area (Å²) in [5, 5.41) is 19.5. The second-order valence-corrected chi connectivity index (χ2v) is 3.76. The predicted molar refractivity (Wildman–Crippen MR) is 59.3 cm³/mol. The molecule has 98 valence electrons. The zero-order chi connectivity index (χ0) is 13.4. The first kappa shape index (κ1) is 15.4. The van der Waals surface area contributed by atoms with E-state index in [9.17, 15) is 14.4 Å². The summed E-state index contributed by atoms with van der Waals surface area (Å²) in [7, 11) is 0. The van der Waals surface area contributed by atoms with Crippen LogP contribution in [0.2, 0.25) is 0 Å². The highest BCUT2D eigenvalue weighted by atomic mass is 16.4. The molecule has 0 fully saturated rings. The highest BCUT2D eigenvalue weighted by molar-refractivity contribution is 5.84. The fourth-order valence-electron chi connectivity index (χ4n) is 1.16. The third kappa shape index (κ3) is 7.29. The maximum Gasteiger partial charge on any atom is 0.326 e. The first-order valence-corrected chi connectivity index (χ1v) is 5.36. The molecule has 0 aliphatic rings. The Morgan fingerprint density at radius 1 is 1.29 bits per heavy atom. The SMILES string of the molecule is CCC(N)CC(=O)NC(CCC(=O)O)C(=O)O. The molecule has 0 aromatic rings. The minimum absolute atomic E-state index is 0.0351. The van der Waals surface area contributed by atoms with Gasteiger partial charge in [0.15, 0.2) is 0 Å². The first-order chi connectivity index (χ1) is 7.86. The number of hydrogen-bond acceptors (Lipinski definition) is 4. The molecular weight excluding hydrogens is 228 g/mol. The van der Waals surface area contributed by atoms with Crippen LogP contribution < -0.4 is 11.1 Å². The number of rotatable bonds is 8. The third-order valence-corrected chi connectivity index (χ3v) is 2.25. The van der Waals surface area contributed by atoms with Gasteiger partial charge in [-0.25, -0.2) is 4.79 Å². The second kappa shape index (κ2) is 7.61. The van der Waals surface area contributed by atoms with E-state index >= 15 is 0 Å². The Kier molecular flexibility index (Phi) is 6.88. The largest absolute Gasteiger partial charge is 0.481 e. The molecule has 0 saturated carbocycles. The molecular formula is C10H18N2O5. The molecule has 0 radical (unpaired) electrons. The van der Waals surface area contributed by atoms with Crippen LogP contribution in [0, 0.1) is 0 Å². The van der Waals surface area contributed by atoms with Gasteiger partial charge in [0.1, 0.15) is 6.04 Å². The summed E-state index contributed by atoms with van der Waals surface area (Å²) < 4.78 is 0. The van der Waals surface area contributed by atoms with E-state index in [0.717, 1.165) is 0 Å². The van der Waals surface area contributed by atoms with Gasteiger partial charge in [0, 0.05) is 18.9 Å². The fourth-order valence-corrected chi connectivity index (χ4v) is 1.16. The molecule has 0 aromatic carbocycles. The zero-order valence-corrected chi connectivity index (χ0v) is 9.68. The molecule has 1 amide bonds. The Morgan fingerprint density at radius 3 is 2.29 bits per heavy atom. The van der Waals surface area contributed by atoms with Gasteiger partial charge < -0.3 is 21.3 Å². The molecule has 0 saturated heterocycles. The number of amides is 1. The fraction of sp³-hybridized carbons (Fsp3) is 0.700. The van der Waals surface area contributed by atoms with Crippen LogP contribution in [0.1, 0.15) is 32.6 Å². The van der Waals surface area contributed by atoms with E-state index in [1.807, 2.05) is 6.92 Å². The highest BCUT2D eigenvalue weighted by Gasteiger charge is 2.21. The smallest absolute Gasteiger partial charge is 0.326 e. The van der Waals surface area contributed by atoms with Crippen LogP contribution in [0.25, 0.3) is 0 Å². The van der Waals surface area contributed by atoms with Gasteiger partial charge in [-0.15, -0.1) is 0 Å². The lowest BCUT2D eigenvalue weighted by molar-refractivity contribution is -0.143. The van der Waals surface area contributed by atoms with Gasteiger partial charge in [-0.2, -0.15) is 0 Å². The van der Waals surface area contributed by atoms with Gasteiger partial charge in [0.05, 0.1) is 0 Å². The van der Waals surface area contributed by atoms with Crippen molar-refractivity contribution in [1.82, 2.24) is 5.32 Å². The van der Waals surface area contributed by atoms with E-state index < -0.39 is 23.9 Å². The van der Waals surface area contributed by atoms with Gasteiger partial charge >= 0.3 is 11.9 Å². The van der Waals surface area contributed by atoms with Gasteiger partial charge in [-0.05, 0) is 12.8 Å². The average molecular weight is 246 g/mol. The minimum atomic E-state index is -1.25. The van der Waals surface area contributed by atoms with Crippen LogP contribution in [0.15, 0.2) is 0 Å².